The Morgan fingerprint density at radius 1 is 1.25 bits per heavy atom. The van der Waals surface area contributed by atoms with E-state index < -0.39 is 38.8 Å². The topological polar surface area (TPSA) is 54.4 Å². The highest BCUT2D eigenvalue weighted by molar-refractivity contribution is 7.92. The van der Waals surface area contributed by atoms with E-state index in [9.17, 15) is 26.7 Å². The van der Waals surface area contributed by atoms with Crippen LogP contribution < -0.4 is 0 Å². The molecule has 112 valence electrons. The number of hydrogen-bond acceptors (Lipinski definition) is 3. The number of rotatable bonds is 2. The number of halogens is 3. The van der Waals surface area contributed by atoms with E-state index >= 15 is 0 Å². The first-order valence-corrected chi connectivity index (χ1v) is 7.78. The minimum absolute atomic E-state index is 0.265. The first kappa shape index (κ1) is 15.3. The van der Waals surface area contributed by atoms with E-state index in [0.29, 0.717) is 12.5 Å². The zero-order valence-electron chi connectivity index (χ0n) is 10.8. The van der Waals surface area contributed by atoms with E-state index in [1.807, 2.05) is 0 Å². The van der Waals surface area contributed by atoms with Crippen LogP contribution in [0.5, 0.6) is 0 Å². The third-order valence-corrected chi connectivity index (χ3v) is 6.20. The van der Waals surface area contributed by atoms with E-state index in [0.717, 1.165) is 12.1 Å². The molecule has 0 amide bonds. The molecule has 3 unspecified atom stereocenters. The molecule has 1 saturated carbocycles. The van der Waals surface area contributed by atoms with Crippen molar-refractivity contribution in [3.05, 3.63) is 29.8 Å². The predicted molar refractivity (Wildman–Crippen MR) is 66.8 cm³/mol. The monoisotopic (exact) mass is 308 g/mol. The van der Waals surface area contributed by atoms with Gasteiger partial charge in [0, 0.05) is 0 Å². The molecular formula is C13H15F3O3S. The lowest BCUT2D eigenvalue weighted by molar-refractivity contribution is -0.137. The second kappa shape index (κ2) is 5.04. The number of benzene rings is 1. The fourth-order valence-corrected chi connectivity index (χ4v) is 4.67. The quantitative estimate of drug-likeness (QED) is 0.914. The lowest BCUT2D eigenvalue weighted by atomic mass is 10.1. The second-order valence-electron chi connectivity index (χ2n) is 5.11. The zero-order chi connectivity index (χ0) is 15.1. The Hall–Kier alpha value is -1.08. The van der Waals surface area contributed by atoms with Crippen LogP contribution in [-0.4, -0.2) is 24.9 Å². The van der Waals surface area contributed by atoms with Crippen LogP contribution in [-0.2, 0) is 16.0 Å². The van der Waals surface area contributed by atoms with Gasteiger partial charge in [-0.05, 0) is 37.0 Å². The van der Waals surface area contributed by atoms with E-state index in [4.69, 9.17) is 0 Å². The maximum absolute atomic E-state index is 12.6. The van der Waals surface area contributed by atoms with Gasteiger partial charge in [0.15, 0.2) is 9.84 Å². The Kier molecular flexibility index (Phi) is 3.85. The van der Waals surface area contributed by atoms with E-state index in [1.165, 1.54) is 6.07 Å². The van der Waals surface area contributed by atoms with Gasteiger partial charge in [-0.3, -0.25) is 0 Å². The van der Waals surface area contributed by atoms with Gasteiger partial charge in [0.2, 0.25) is 0 Å². The fourth-order valence-electron chi connectivity index (χ4n) is 2.57. The minimum atomic E-state index is -4.58. The first-order valence-electron chi connectivity index (χ1n) is 6.23. The molecule has 1 fully saturated rings. The van der Waals surface area contributed by atoms with Crippen molar-refractivity contribution < 1.29 is 26.7 Å². The normalized spacial score (nSPS) is 27.8. The average Bonchev–Trinajstić information content (AvgIpc) is 2.70. The van der Waals surface area contributed by atoms with Crippen LogP contribution in [0.3, 0.4) is 0 Å². The standard InChI is InChI=1S/C13H15F3O3S/c1-8-11(17)5-6-12(8)20(18,19)10-4-2-3-9(7-10)13(14,15)16/h2-4,7-8,11-12,17H,5-6H2,1H3. The molecule has 0 aromatic heterocycles. The fraction of sp³-hybridized carbons (Fsp3) is 0.538. The Labute approximate surface area is 115 Å². The van der Waals surface area contributed by atoms with Gasteiger partial charge < -0.3 is 5.11 Å². The van der Waals surface area contributed by atoms with Crippen molar-refractivity contribution in [2.24, 2.45) is 5.92 Å². The van der Waals surface area contributed by atoms with Crippen molar-refractivity contribution in [2.75, 3.05) is 0 Å². The van der Waals surface area contributed by atoms with Crippen molar-refractivity contribution in [3.63, 3.8) is 0 Å². The van der Waals surface area contributed by atoms with Gasteiger partial charge in [-0.15, -0.1) is 0 Å². The van der Waals surface area contributed by atoms with Crippen molar-refractivity contribution in [1.29, 1.82) is 0 Å². The van der Waals surface area contributed by atoms with Crippen LogP contribution in [0, 0.1) is 5.92 Å². The highest BCUT2D eigenvalue weighted by atomic mass is 32.2. The lowest BCUT2D eigenvalue weighted by Gasteiger charge is -2.18. The molecule has 3 atom stereocenters. The van der Waals surface area contributed by atoms with Crippen LogP contribution in [0.2, 0.25) is 0 Å². The molecule has 1 aromatic carbocycles. The highest BCUT2D eigenvalue weighted by Crippen LogP contribution is 2.36. The van der Waals surface area contributed by atoms with E-state index in [-0.39, 0.29) is 11.3 Å². The van der Waals surface area contributed by atoms with Crippen molar-refractivity contribution in [3.8, 4) is 0 Å². The summed E-state index contributed by atoms with van der Waals surface area (Å²) in [6.45, 7) is 1.60. The summed E-state index contributed by atoms with van der Waals surface area (Å²) in [6.07, 6.45) is -4.68. The van der Waals surface area contributed by atoms with Gasteiger partial charge in [0.1, 0.15) is 0 Å². The summed E-state index contributed by atoms with van der Waals surface area (Å²) in [5.74, 6) is -0.477. The molecule has 2 rings (SSSR count). The zero-order valence-corrected chi connectivity index (χ0v) is 11.6. The van der Waals surface area contributed by atoms with Crippen LogP contribution in [0.1, 0.15) is 25.3 Å². The summed E-state index contributed by atoms with van der Waals surface area (Å²) < 4.78 is 62.7. The number of hydrogen-bond donors (Lipinski definition) is 1. The van der Waals surface area contributed by atoms with Gasteiger partial charge in [-0.25, -0.2) is 8.42 Å². The molecule has 0 saturated heterocycles. The molecule has 1 aliphatic rings. The summed E-state index contributed by atoms with van der Waals surface area (Å²) in [6, 6.07) is 3.76. The van der Waals surface area contributed by atoms with Crippen LogP contribution in [0.15, 0.2) is 29.2 Å². The number of aliphatic hydroxyl groups excluding tert-OH is 1. The first-order chi connectivity index (χ1) is 9.14. The molecule has 0 bridgehead atoms. The van der Waals surface area contributed by atoms with Gasteiger partial charge in [0.25, 0.3) is 0 Å². The lowest BCUT2D eigenvalue weighted by Crippen LogP contribution is -2.28. The maximum Gasteiger partial charge on any atom is 0.416 e. The summed E-state index contributed by atoms with van der Waals surface area (Å²) in [4.78, 5) is -0.335. The molecular weight excluding hydrogens is 293 g/mol. The maximum atomic E-state index is 12.6. The third kappa shape index (κ3) is 2.69. The van der Waals surface area contributed by atoms with E-state index in [2.05, 4.69) is 0 Å². The van der Waals surface area contributed by atoms with Gasteiger partial charge in [-0.1, -0.05) is 13.0 Å². The molecule has 1 aliphatic carbocycles. The number of alkyl halides is 3. The Morgan fingerprint density at radius 3 is 2.40 bits per heavy atom. The average molecular weight is 308 g/mol. The van der Waals surface area contributed by atoms with Gasteiger partial charge >= 0.3 is 6.18 Å². The minimum Gasteiger partial charge on any atom is -0.393 e. The Morgan fingerprint density at radius 2 is 1.90 bits per heavy atom. The summed E-state index contributed by atoms with van der Waals surface area (Å²) >= 11 is 0. The largest absolute Gasteiger partial charge is 0.416 e. The van der Waals surface area contributed by atoms with Crippen LogP contribution in [0.4, 0.5) is 13.2 Å². The molecule has 0 heterocycles. The molecule has 1 N–H and O–H groups in total. The molecule has 3 nitrogen and oxygen atoms in total. The Balaban J connectivity index is 2.41. The van der Waals surface area contributed by atoms with Crippen LogP contribution >= 0.6 is 0 Å². The molecule has 0 spiro atoms. The number of sulfone groups is 1. The SMILES string of the molecule is CC1C(O)CCC1S(=O)(=O)c1cccc(C(F)(F)F)c1. The summed E-state index contributed by atoms with van der Waals surface area (Å²) in [5.41, 5.74) is -0.982. The molecule has 20 heavy (non-hydrogen) atoms. The second-order valence-corrected chi connectivity index (χ2v) is 7.28. The number of aliphatic hydroxyl groups is 1. The molecule has 7 heteroatoms. The highest BCUT2D eigenvalue weighted by Gasteiger charge is 2.41. The van der Waals surface area contributed by atoms with Crippen molar-refractivity contribution in [2.45, 2.75) is 42.2 Å². The summed E-state index contributed by atoms with van der Waals surface area (Å²) in [5, 5.41) is 8.79. The van der Waals surface area contributed by atoms with Gasteiger partial charge in [-0.2, -0.15) is 13.2 Å². The van der Waals surface area contributed by atoms with Gasteiger partial charge in [0.05, 0.1) is 21.8 Å². The van der Waals surface area contributed by atoms with E-state index in [1.54, 1.807) is 6.92 Å². The van der Waals surface area contributed by atoms with Crippen molar-refractivity contribution >= 4 is 9.84 Å². The van der Waals surface area contributed by atoms with Crippen molar-refractivity contribution in [1.82, 2.24) is 0 Å². The molecule has 1 aromatic rings. The summed E-state index contributed by atoms with van der Waals surface area (Å²) in [7, 11) is -3.86. The molecule has 0 aliphatic heterocycles. The Bertz CT molecular complexity index is 595. The third-order valence-electron chi connectivity index (χ3n) is 3.83. The molecule has 0 radical (unpaired) electrons. The smallest absolute Gasteiger partial charge is 0.393 e. The predicted octanol–water partition coefficient (Wildman–Crippen LogP) is 2.64. The van der Waals surface area contributed by atoms with Crippen LogP contribution in [0.25, 0.3) is 0 Å².